The number of carbonyl (C=O) groups excluding carboxylic acids is 1. The zero-order chi connectivity index (χ0) is 25.2. The number of rotatable bonds is 19. The number of hydrogen-bond acceptors (Lipinski definition) is 5. The lowest BCUT2D eigenvalue weighted by molar-refractivity contribution is -0.132. The van der Waals surface area contributed by atoms with Crippen molar-refractivity contribution in [3.63, 3.8) is 0 Å². The van der Waals surface area contributed by atoms with Crippen molar-refractivity contribution in [3.8, 4) is 0 Å². The Morgan fingerprint density at radius 1 is 0.853 bits per heavy atom. The summed E-state index contributed by atoms with van der Waals surface area (Å²) in [5, 5.41) is 12.5. The molecule has 0 unspecified atom stereocenters. The average molecular weight is 494 g/mol. The Hall–Kier alpha value is -2.00. The minimum atomic E-state index is -2.60. The summed E-state index contributed by atoms with van der Waals surface area (Å²) < 4.78 is 17.7. The van der Waals surface area contributed by atoms with Crippen LogP contribution in [0.4, 0.5) is 5.69 Å². The third kappa shape index (κ3) is 11.9. The maximum Gasteiger partial charge on any atom is 0.500 e. The lowest BCUT2D eigenvalue weighted by atomic mass is 10.0. The smallest absolute Gasteiger partial charge is 0.478 e. The first-order valence-electron chi connectivity index (χ1n) is 12.6. The first-order chi connectivity index (χ1) is 16.4. The zero-order valence-electron chi connectivity index (χ0n) is 21.4. The molecule has 0 radical (unpaired) electrons. The fraction of sp³-hybridized carbons (Fsp3) is 0.615. The molecule has 0 saturated carbocycles. The van der Waals surface area contributed by atoms with Gasteiger partial charge in [-0.3, -0.25) is 4.79 Å². The first-order valence-corrected chi connectivity index (χ1v) is 14.6. The Morgan fingerprint density at radius 2 is 1.44 bits per heavy atom. The summed E-state index contributed by atoms with van der Waals surface area (Å²) in [4.78, 5) is 23.6. The van der Waals surface area contributed by atoms with Gasteiger partial charge in [0.1, 0.15) is 0 Å². The van der Waals surface area contributed by atoms with E-state index in [-0.39, 0.29) is 5.91 Å². The monoisotopic (exact) mass is 493 g/mol. The number of hydrogen-bond donors (Lipinski definition) is 2. The summed E-state index contributed by atoms with van der Waals surface area (Å²) in [6.07, 6.45) is 8.21. The molecule has 1 rings (SSSR count). The van der Waals surface area contributed by atoms with Gasteiger partial charge in [0.05, 0.1) is 0 Å². The Labute approximate surface area is 206 Å². The van der Waals surface area contributed by atoms with Gasteiger partial charge in [-0.15, -0.1) is 0 Å². The highest BCUT2D eigenvalue weighted by Crippen LogP contribution is 2.22. The molecular weight excluding hydrogens is 450 g/mol. The molecule has 0 aliphatic carbocycles. The maximum atomic E-state index is 11.8. The maximum absolute atomic E-state index is 11.8. The largest absolute Gasteiger partial charge is 0.500 e. The molecule has 0 aromatic heterocycles. The number of unbranched alkanes of at least 4 members (excludes halogenated alkanes) is 4. The van der Waals surface area contributed by atoms with Crippen LogP contribution >= 0.6 is 0 Å². The van der Waals surface area contributed by atoms with E-state index in [1.165, 1.54) is 0 Å². The average Bonchev–Trinajstić information content (AvgIpc) is 2.80. The van der Waals surface area contributed by atoms with Crippen LogP contribution in [0.3, 0.4) is 0 Å². The Kier molecular flexibility index (Phi) is 15.4. The van der Waals surface area contributed by atoms with E-state index in [0.29, 0.717) is 38.2 Å². The predicted octanol–water partition coefficient (Wildman–Crippen LogP) is 6.28. The fourth-order valence-electron chi connectivity index (χ4n) is 3.68. The molecule has 0 spiro atoms. The third-order valence-corrected chi connectivity index (χ3v) is 8.49. The van der Waals surface area contributed by atoms with Gasteiger partial charge in [0.2, 0.25) is 5.91 Å². The molecule has 0 saturated heterocycles. The highest BCUT2D eigenvalue weighted by atomic mass is 28.4. The van der Waals surface area contributed by atoms with Gasteiger partial charge in [0.15, 0.2) is 0 Å². The van der Waals surface area contributed by atoms with Gasteiger partial charge in [-0.25, -0.2) is 4.79 Å². The predicted molar refractivity (Wildman–Crippen MR) is 139 cm³/mol. The lowest BCUT2D eigenvalue weighted by Gasteiger charge is -2.28. The van der Waals surface area contributed by atoms with Crippen LogP contribution in [-0.4, -0.2) is 45.6 Å². The van der Waals surface area contributed by atoms with E-state index in [1.807, 2.05) is 39.8 Å². The highest BCUT2D eigenvalue weighted by molar-refractivity contribution is 6.60. The molecular formula is C26H43NO6Si. The number of aliphatic carboxylic acids is 1. The number of carboxylic acid groups (broad SMARTS) is 1. The Balaban J connectivity index is 2.53. The van der Waals surface area contributed by atoms with Crippen LogP contribution in [0.5, 0.6) is 0 Å². The van der Waals surface area contributed by atoms with Gasteiger partial charge in [0.25, 0.3) is 0 Å². The van der Waals surface area contributed by atoms with E-state index in [9.17, 15) is 14.7 Å². The minimum Gasteiger partial charge on any atom is -0.478 e. The van der Waals surface area contributed by atoms with Gasteiger partial charge < -0.3 is 23.7 Å². The van der Waals surface area contributed by atoms with E-state index in [4.69, 9.17) is 13.3 Å². The molecule has 34 heavy (non-hydrogen) atoms. The molecule has 0 atom stereocenters. The second-order valence-corrected chi connectivity index (χ2v) is 10.9. The number of amides is 1. The summed E-state index contributed by atoms with van der Waals surface area (Å²) in [6, 6.07) is 8.06. The summed E-state index contributed by atoms with van der Waals surface area (Å²) in [7, 11) is -2.60. The number of benzene rings is 1. The molecule has 0 fully saturated rings. The lowest BCUT2D eigenvalue weighted by Crippen LogP contribution is -2.45. The zero-order valence-corrected chi connectivity index (χ0v) is 22.4. The van der Waals surface area contributed by atoms with Crippen LogP contribution < -0.4 is 5.32 Å². The van der Waals surface area contributed by atoms with Crippen LogP contribution in [0.25, 0.3) is 6.08 Å². The molecule has 0 aliphatic rings. The van der Waals surface area contributed by atoms with Crippen molar-refractivity contribution in [2.45, 2.75) is 85.1 Å². The summed E-state index contributed by atoms with van der Waals surface area (Å²) in [6.45, 7) is 9.64. The van der Waals surface area contributed by atoms with Crippen molar-refractivity contribution in [2.24, 2.45) is 0 Å². The third-order valence-electron chi connectivity index (χ3n) is 5.34. The molecule has 0 aliphatic heterocycles. The number of carboxylic acids is 1. The molecule has 1 aromatic rings. The van der Waals surface area contributed by atoms with Gasteiger partial charge in [-0.1, -0.05) is 38.3 Å². The van der Waals surface area contributed by atoms with Crippen molar-refractivity contribution in [2.75, 3.05) is 25.1 Å². The topological polar surface area (TPSA) is 94.1 Å². The van der Waals surface area contributed by atoms with E-state index < -0.39 is 14.8 Å². The summed E-state index contributed by atoms with van der Waals surface area (Å²) in [5.74, 6) is -0.896. The molecule has 0 heterocycles. The van der Waals surface area contributed by atoms with Crippen molar-refractivity contribution in [3.05, 3.63) is 35.4 Å². The molecule has 1 aromatic carbocycles. The van der Waals surface area contributed by atoms with Crippen molar-refractivity contribution in [1.29, 1.82) is 0 Å². The van der Waals surface area contributed by atoms with E-state index >= 15 is 0 Å². The molecule has 7 nitrogen and oxygen atoms in total. The first kappa shape index (κ1) is 30.0. The van der Waals surface area contributed by atoms with Crippen molar-refractivity contribution < 1.29 is 28.0 Å². The van der Waals surface area contributed by atoms with Gasteiger partial charge >= 0.3 is 14.8 Å². The molecule has 8 heteroatoms. The second-order valence-electron chi connectivity index (χ2n) is 8.14. The fourth-order valence-corrected chi connectivity index (χ4v) is 6.36. The highest BCUT2D eigenvalue weighted by Gasteiger charge is 2.39. The number of anilines is 1. The molecule has 2 N–H and O–H groups in total. The van der Waals surface area contributed by atoms with Gasteiger partial charge in [0, 0.05) is 43.5 Å². The summed E-state index contributed by atoms with van der Waals surface area (Å²) >= 11 is 0. The van der Waals surface area contributed by atoms with Crippen LogP contribution in [0.1, 0.15) is 84.6 Å². The Bertz CT molecular complexity index is 733. The normalized spacial score (nSPS) is 12.1. The van der Waals surface area contributed by atoms with E-state index in [1.54, 1.807) is 18.2 Å². The molecule has 1 amide bonds. The SMILES string of the molecule is CCCCC(=O)Nc1ccc(/C=C(\CCCCCC[Si](OCC)(OCC)OCC)C(=O)O)cc1. The van der Waals surface area contributed by atoms with Crippen LogP contribution in [0.15, 0.2) is 29.8 Å². The van der Waals surface area contributed by atoms with Crippen LogP contribution in [0.2, 0.25) is 6.04 Å². The molecule has 0 bridgehead atoms. The van der Waals surface area contributed by atoms with Gasteiger partial charge in [-0.2, -0.15) is 0 Å². The van der Waals surface area contributed by atoms with Crippen LogP contribution in [0, 0.1) is 0 Å². The quantitative estimate of drug-likeness (QED) is 0.134. The van der Waals surface area contributed by atoms with Crippen LogP contribution in [-0.2, 0) is 22.9 Å². The minimum absolute atomic E-state index is 0.0000417. The summed E-state index contributed by atoms with van der Waals surface area (Å²) in [5.41, 5.74) is 1.92. The van der Waals surface area contributed by atoms with Crippen molar-refractivity contribution >= 4 is 32.4 Å². The van der Waals surface area contributed by atoms with E-state index in [2.05, 4.69) is 5.32 Å². The van der Waals surface area contributed by atoms with E-state index in [0.717, 1.165) is 55.8 Å². The van der Waals surface area contributed by atoms with Gasteiger partial charge in [-0.05, 0) is 70.2 Å². The number of nitrogens with one attached hydrogen (secondary N) is 1. The standard InChI is InChI=1S/C26H43NO6Si/c1-5-9-15-25(28)27-24-18-16-22(17-19-24)21-23(26(29)30)14-12-10-11-13-20-34(31-6-2,32-7-3)33-8-4/h16-19,21H,5-15,20H2,1-4H3,(H,27,28)(H,29,30)/b23-21+. The van der Waals surface area contributed by atoms with Crippen molar-refractivity contribution in [1.82, 2.24) is 0 Å². The Morgan fingerprint density at radius 3 is 1.97 bits per heavy atom. The number of carbonyl (C=O) groups is 2. The second kappa shape index (κ2) is 17.4. The molecule has 192 valence electrons.